The first-order chi connectivity index (χ1) is 13.5. The van der Waals surface area contributed by atoms with Gasteiger partial charge in [-0.1, -0.05) is 29.3 Å². The van der Waals surface area contributed by atoms with Crippen molar-refractivity contribution in [2.75, 3.05) is 59.0 Å². The Labute approximate surface area is 175 Å². The highest BCUT2D eigenvalue weighted by Crippen LogP contribution is 2.23. The van der Waals surface area contributed by atoms with Crippen LogP contribution in [0.15, 0.2) is 24.3 Å². The fourth-order valence-electron chi connectivity index (χ4n) is 3.30. The number of amides is 2. The first-order valence-electron chi connectivity index (χ1n) is 9.53. The molecule has 0 aliphatic carbocycles. The van der Waals surface area contributed by atoms with E-state index in [1.807, 2.05) is 4.90 Å². The van der Waals surface area contributed by atoms with Crippen molar-refractivity contribution in [3.8, 4) is 0 Å². The van der Waals surface area contributed by atoms with Gasteiger partial charge in [0.05, 0.1) is 23.3 Å². The molecule has 0 saturated carbocycles. The molecule has 6 nitrogen and oxygen atoms in total. The Morgan fingerprint density at radius 1 is 1.04 bits per heavy atom. The second kappa shape index (κ2) is 10.3. The van der Waals surface area contributed by atoms with Crippen LogP contribution in [0, 0.1) is 0 Å². The summed E-state index contributed by atoms with van der Waals surface area (Å²) in [7, 11) is 0. The Hall–Kier alpha value is -1.60. The molecule has 152 valence electrons. The van der Waals surface area contributed by atoms with E-state index in [4.69, 9.17) is 27.9 Å². The first-order valence-corrected chi connectivity index (χ1v) is 10.3. The van der Waals surface area contributed by atoms with E-state index in [0.717, 1.165) is 38.4 Å². The maximum absolute atomic E-state index is 12.5. The van der Waals surface area contributed by atoms with Gasteiger partial charge in [0.25, 0.3) is 0 Å². The van der Waals surface area contributed by atoms with E-state index < -0.39 is 0 Å². The summed E-state index contributed by atoms with van der Waals surface area (Å²) in [6.07, 6.45) is 3.59. The van der Waals surface area contributed by atoms with Crippen molar-refractivity contribution in [2.24, 2.45) is 0 Å². The number of rotatable bonds is 5. The Morgan fingerprint density at radius 3 is 2.57 bits per heavy atom. The van der Waals surface area contributed by atoms with Gasteiger partial charge in [-0.2, -0.15) is 0 Å². The molecule has 2 heterocycles. The molecule has 0 bridgehead atoms. The molecule has 2 fully saturated rings. The Morgan fingerprint density at radius 2 is 1.82 bits per heavy atom. The van der Waals surface area contributed by atoms with Crippen LogP contribution in [0.2, 0.25) is 10.0 Å². The van der Waals surface area contributed by atoms with Crippen LogP contribution in [0.5, 0.6) is 0 Å². The molecular weight excluding hydrogens is 401 g/mol. The van der Waals surface area contributed by atoms with E-state index in [9.17, 15) is 9.59 Å². The average molecular weight is 426 g/mol. The van der Waals surface area contributed by atoms with Gasteiger partial charge in [-0.15, -0.1) is 0 Å². The van der Waals surface area contributed by atoms with Gasteiger partial charge < -0.3 is 14.5 Å². The lowest BCUT2D eigenvalue weighted by atomic mass is 10.2. The number of carbonyl (C=O) groups excluding carboxylic acids is 2. The Bertz CT molecular complexity index is 735. The highest BCUT2D eigenvalue weighted by Gasteiger charge is 2.23. The molecular formula is C20H25Cl2N3O3. The molecule has 0 N–H and O–H groups in total. The van der Waals surface area contributed by atoms with Gasteiger partial charge in [0.2, 0.25) is 11.8 Å². The minimum Gasteiger partial charge on any atom is -0.379 e. The van der Waals surface area contributed by atoms with Gasteiger partial charge in [-0.3, -0.25) is 14.5 Å². The smallest absolute Gasteiger partial charge is 0.246 e. The van der Waals surface area contributed by atoms with E-state index >= 15 is 0 Å². The van der Waals surface area contributed by atoms with Crippen LogP contribution < -0.4 is 0 Å². The molecule has 2 amide bonds. The standard InChI is InChI=1S/C20H25Cl2N3O3/c21-17-3-1-16(15-18(17)22)2-4-19(26)24-6-5-20(27)25(10-9-24)8-7-23-11-13-28-14-12-23/h1-4,15H,5-14H2. The topological polar surface area (TPSA) is 53.1 Å². The summed E-state index contributed by atoms with van der Waals surface area (Å²) in [4.78, 5) is 30.8. The van der Waals surface area contributed by atoms with Crippen LogP contribution in [0.3, 0.4) is 0 Å². The van der Waals surface area contributed by atoms with Crippen LogP contribution in [0.25, 0.3) is 6.08 Å². The number of hydrogen-bond acceptors (Lipinski definition) is 4. The largest absolute Gasteiger partial charge is 0.379 e. The molecule has 0 atom stereocenters. The molecule has 0 aromatic heterocycles. The highest BCUT2D eigenvalue weighted by atomic mass is 35.5. The van der Waals surface area contributed by atoms with E-state index in [2.05, 4.69) is 4.90 Å². The van der Waals surface area contributed by atoms with Crippen LogP contribution in [0.4, 0.5) is 0 Å². The number of carbonyl (C=O) groups is 2. The number of halogens is 2. The third kappa shape index (κ3) is 5.95. The fourth-order valence-corrected chi connectivity index (χ4v) is 3.61. The van der Waals surface area contributed by atoms with Gasteiger partial charge in [-0.05, 0) is 23.8 Å². The molecule has 0 unspecified atom stereocenters. The van der Waals surface area contributed by atoms with Gasteiger partial charge in [0.15, 0.2) is 0 Å². The minimum absolute atomic E-state index is 0.103. The molecule has 2 aliphatic heterocycles. The third-order valence-electron chi connectivity index (χ3n) is 5.05. The summed E-state index contributed by atoms with van der Waals surface area (Å²) < 4.78 is 5.35. The Balaban J connectivity index is 1.51. The summed E-state index contributed by atoms with van der Waals surface area (Å²) in [5.41, 5.74) is 0.806. The van der Waals surface area contributed by atoms with E-state index in [1.54, 1.807) is 29.2 Å². The second-order valence-corrected chi connectivity index (χ2v) is 7.73. The van der Waals surface area contributed by atoms with Crippen LogP contribution >= 0.6 is 23.2 Å². The normalized spacial score (nSPS) is 19.3. The zero-order valence-electron chi connectivity index (χ0n) is 15.8. The number of nitrogens with zero attached hydrogens (tertiary/aromatic N) is 3. The summed E-state index contributed by atoms with van der Waals surface area (Å²) in [6, 6.07) is 5.22. The molecule has 8 heteroatoms. The van der Waals surface area contributed by atoms with Crippen molar-refractivity contribution in [1.82, 2.24) is 14.7 Å². The highest BCUT2D eigenvalue weighted by molar-refractivity contribution is 6.42. The van der Waals surface area contributed by atoms with Crippen molar-refractivity contribution in [2.45, 2.75) is 6.42 Å². The zero-order chi connectivity index (χ0) is 19.9. The van der Waals surface area contributed by atoms with E-state index in [0.29, 0.717) is 42.6 Å². The van der Waals surface area contributed by atoms with Gasteiger partial charge in [0, 0.05) is 58.3 Å². The molecule has 2 saturated heterocycles. The van der Waals surface area contributed by atoms with Crippen LogP contribution in [-0.2, 0) is 14.3 Å². The second-order valence-electron chi connectivity index (χ2n) is 6.92. The van der Waals surface area contributed by atoms with Crippen LogP contribution in [-0.4, -0.2) is 85.5 Å². The molecule has 1 aromatic carbocycles. The summed E-state index contributed by atoms with van der Waals surface area (Å²) >= 11 is 11.9. The van der Waals surface area contributed by atoms with Gasteiger partial charge >= 0.3 is 0 Å². The molecule has 0 radical (unpaired) electrons. The SMILES string of the molecule is O=C(C=Cc1ccc(Cl)c(Cl)c1)N1CCC(=O)N(CCN2CCOCC2)CC1. The number of ether oxygens (including phenoxy) is 1. The van der Waals surface area contributed by atoms with Crippen LogP contribution in [0.1, 0.15) is 12.0 Å². The quantitative estimate of drug-likeness (QED) is 0.679. The number of hydrogen-bond donors (Lipinski definition) is 0. The fraction of sp³-hybridized carbons (Fsp3) is 0.500. The van der Waals surface area contributed by atoms with Crippen molar-refractivity contribution in [3.63, 3.8) is 0 Å². The Kier molecular flexibility index (Phi) is 7.73. The third-order valence-corrected chi connectivity index (χ3v) is 5.79. The maximum atomic E-state index is 12.5. The summed E-state index contributed by atoms with van der Waals surface area (Å²) in [5, 5.41) is 0.931. The van der Waals surface area contributed by atoms with Crippen molar-refractivity contribution < 1.29 is 14.3 Å². The predicted molar refractivity (Wildman–Crippen MR) is 111 cm³/mol. The average Bonchev–Trinajstić information content (AvgIpc) is 2.89. The monoisotopic (exact) mass is 425 g/mol. The van der Waals surface area contributed by atoms with E-state index in [1.165, 1.54) is 6.08 Å². The number of morpholine rings is 1. The molecule has 2 aliphatic rings. The predicted octanol–water partition coefficient (Wildman–Crippen LogP) is 2.40. The lowest BCUT2D eigenvalue weighted by Gasteiger charge is -2.29. The number of benzene rings is 1. The van der Waals surface area contributed by atoms with Gasteiger partial charge in [-0.25, -0.2) is 0 Å². The minimum atomic E-state index is -0.103. The molecule has 0 spiro atoms. The van der Waals surface area contributed by atoms with E-state index in [-0.39, 0.29) is 11.8 Å². The zero-order valence-corrected chi connectivity index (χ0v) is 17.3. The summed E-state index contributed by atoms with van der Waals surface area (Å²) in [5.74, 6) is 0.00549. The van der Waals surface area contributed by atoms with Gasteiger partial charge in [0.1, 0.15) is 0 Å². The first kappa shape index (κ1) is 21.1. The molecule has 1 aromatic rings. The van der Waals surface area contributed by atoms with Crippen molar-refractivity contribution in [1.29, 1.82) is 0 Å². The lowest BCUT2D eigenvalue weighted by Crippen LogP contribution is -2.43. The maximum Gasteiger partial charge on any atom is 0.246 e. The summed E-state index contributed by atoms with van der Waals surface area (Å²) in [6.45, 7) is 6.41. The molecule has 3 rings (SSSR count). The van der Waals surface area contributed by atoms with Crippen molar-refractivity contribution in [3.05, 3.63) is 39.9 Å². The lowest BCUT2D eigenvalue weighted by molar-refractivity contribution is -0.130. The van der Waals surface area contributed by atoms with Crippen molar-refractivity contribution >= 4 is 41.1 Å². The molecule has 28 heavy (non-hydrogen) atoms.